The van der Waals surface area contributed by atoms with Crippen LogP contribution < -0.4 is 0 Å². The first kappa shape index (κ1) is 17.1. The van der Waals surface area contributed by atoms with E-state index in [1.165, 1.54) is 12.1 Å². The quantitative estimate of drug-likeness (QED) is 0.492. The Balaban J connectivity index is 2.16. The lowest BCUT2D eigenvalue weighted by molar-refractivity contribution is 0.0326. The Bertz CT molecular complexity index is 468. The summed E-state index contributed by atoms with van der Waals surface area (Å²) in [6.07, 6.45) is 1.58. The molecule has 0 aliphatic heterocycles. The Labute approximate surface area is 119 Å². The highest BCUT2D eigenvalue weighted by Crippen LogP contribution is 2.11. The number of benzene rings is 1. The molecule has 7 heteroatoms. The molecular formula is C13H20O6S. The molecule has 0 fully saturated rings. The topological polar surface area (TPSA) is 93.1 Å². The van der Waals surface area contributed by atoms with Crippen molar-refractivity contribution in [1.82, 2.24) is 0 Å². The number of aryl methyl sites for hydroxylation is 1. The van der Waals surface area contributed by atoms with Crippen LogP contribution in [0, 0.1) is 0 Å². The minimum absolute atomic E-state index is 0.0134. The fraction of sp³-hybridized carbons (Fsp3) is 0.538. The molecular weight excluding hydrogens is 284 g/mol. The van der Waals surface area contributed by atoms with Crippen LogP contribution in [0.5, 0.6) is 0 Å². The lowest BCUT2D eigenvalue weighted by Crippen LogP contribution is -2.08. The zero-order valence-electron chi connectivity index (χ0n) is 11.2. The zero-order valence-corrected chi connectivity index (χ0v) is 12.0. The Kier molecular flexibility index (Phi) is 7.71. The van der Waals surface area contributed by atoms with Gasteiger partial charge in [0.05, 0.1) is 31.3 Å². The van der Waals surface area contributed by atoms with E-state index in [4.69, 9.17) is 19.1 Å². The minimum atomic E-state index is -4.12. The van der Waals surface area contributed by atoms with Gasteiger partial charge in [-0.1, -0.05) is 12.1 Å². The van der Waals surface area contributed by atoms with Crippen LogP contribution in [0.25, 0.3) is 0 Å². The summed E-state index contributed by atoms with van der Waals surface area (Å²) in [5.74, 6) is 0. The van der Waals surface area contributed by atoms with Crippen molar-refractivity contribution in [2.45, 2.75) is 17.7 Å². The van der Waals surface area contributed by atoms with Crippen LogP contribution in [0.4, 0.5) is 0 Å². The molecule has 0 bridgehead atoms. The summed E-state index contributed by atoms with van der Waals surface area (Å²) in [6.45, 7) is 1.87. The van der Waals surface area contributed by atoms with Gasteiger partial charge in [-0.05, 0) is 30.5 Å². The molecule has 0 saturated carbocycles. The van der Waals surface area contributed by atoms with Crippen LogP contribution in [0.15, 0.2) is 29.2 Å². The Morgan fingerprint density at radius 3 is 2.10 bits per heavy atom. The first-order valence-corrected chi connectivity index (χ1v) is 7.81. The van der Waals surface area contributed by atoms with Crippen LogP contribution in [0.1, 0.15) is 12.0 Å². The van der Waals surface area contributed by atoms with Gasteiger partial charge < -0.3 is 14.6 Å². The maximum Gasteiger partial charge on any atom is 0.294 e. The van der Waals surface area contributed by atoms with Gasteiger partial charge in [0.2, 0.25) is 0 Å². The van der Waals surface area contributed by atoms with Crippen LogP contribution in [0.3, 0.4) is 0 Å². The first-order chi connectivity index (χ1) is 9.54. The van der Waals surface area contributed by atoms with E-state index >= 15 is 0 Å². The number of ether oxygens (including phenoxy) is 2. The molecule has 0 aliphatic rings. The van der Waals surface area contributed by atoms with Crippen LogP contribution in [0.2, 0.25) is 0 Å². The summed E-state index contributed by atoms with van der Waals surface area (Å²) in [6, 6.07) is 6.11. The van der Waals surface area contributed by atoms with Crippen LogP contribution in [-0.4, -0.2) is 51.1 Å². The van der Waals surface area contributed by atoms with Gasteiger partial charge >= 0.3 is 0 Å². The largest absolute Gasteiger partial charge is 0.394 e. The second-order valence-electron chi connectivity index (χ2n) is 4.17. The second kappa shape index (κ2) is 9.04. The molecule has 114 valence electrons. The molecule has 1 rings (SSSR count). The molecule has 0 atom stereocenters. The highest BCUT2D eigenvalue weighted by atomic mass is 32.2. The first-order valence-electron chi connectivity index (χ1n) is 6.37. The van der Waals surface area contributed by atoms with E-state index in [0.717, 1.165) is 18.4 Å². The molecule has 0 aliphatic carbocycles. The Morgan fingerprint density at radius 1 is 0.950 bits per heavy atom. The summed E-state index contributed by atoms with van der Waals surface area (Å²) in [7, 11) is -4.12. The van der Waals surface area contributed by atoms with Crippen molar-refractivity contribution in [3.63, 3.8) is 0 Å². The van der Waals surface area contributed by atoms with Gasteiger partial charge in [-0.15, -0.1) is 0 Å². The molecule has 0 heterocycles. The SMILES string of the molecule is O=S(=O)(O)c1ccc(CCCOCCOCCO)cc1. The Morgan fingerprint density at radius 2 is 1.55 bits per heavy atom. The molecule has 6 nitrogen and oxygen atoms in total. The van der Waals surface area contributed by atoms with Crippen molar-refractivity contribution in [1.29, 1.82) is 0 Å². The molecule has 0 spiro atoms. The van der Waals surface area contributed by atoms with E-state index in [1.54, 1.807) is 12.1 Å². The molecule has 1 aromatic carbocycles. The van der Waals surface area contributed by atoms with Crippen molar-refractivity contribution in [2.24, 2.45) is 0 Å². The molecule has 1 aromatic rings. The van der Waals surface area contributed by atoms with Gasteiger partial charge in [-0.25, -0.2) is 0 Å². The van der Waals surface area contributed by atoms with Crippen molar-refractivity contribution in [3.05, 3.63) is 29.8 Å². The summed E-state index contributed by atoms with van der Waals surface area (Å²) in [4.78, 5) is -0.0986. The number of rotatable bonds is 10. The number of aliphatic hydroxyl groups excluding tert-OH is 1. The van der Waals surface area contributed by atoms with E-state index in [0.29, 0.717) is 26.4 Å². The van der Waals surface area contributed by atoms with Gasteiger partial charge in [0, 0.05) is 6.61 Å². The zero-order chi connectivity index (χ0) is 14.8. The normalized spacial score (nSPS) is 11.7. The fourth-order valence-electron chi connectivity index (χ4n) is 1.59. The average Bonchev–Trinajstić information content (AvgIpc) is 2.41. The monoisotopic (exact) mass is 304 g/mol. The van der Waals surface area contributed by atoms with Crippen molar-refractivity contribution < 1.29 is 27.6 Å². The molecule has 0 aromatic heterocycles. The van der Waals surface area contributed by atoms with E-state index in [2.05, 4.69) is 0 Å². The van der Waals surface area contributed by atoms with Gasteiger partial charge in [-0.2, -0.15) is 8.42 Å². The standard InChI is InChI=1S/C13H20O6S/c14-7-9-19-11-10-18-8-1-2-12-3-5-13(6-4-12)20(15,16)17/h3-6,14H,1-2,7-11H2,(H,15,16,17). The second-order valence-corrected chi connectivity index (χ2v) is 5.59. The molecule has 0 amide bonds. The molecule has 0 radical (unpaired) electrons. The maximum atomic E-state index is 10.9. The molecule has 2 N–H and O–H groups in total. The third-order valence-corrected chi connectivity index (χ3v) is 3.45. The lowest BCUT2D eigenvalue weighted by Gasteiger charge is -2.05. The van der Waals surface area contributed by atoms with E-state index in [1.807, 2.05) is 0 Å². The minimum Gasteiger partial charge on any atom is -0.394 e. The van der Waals surface area contributed by atoms with E-state index < -0.39 is 10.1 Å². The molecule has 0 unspecified atom stereocenters. The van der Waals surface area contributed by atoms with Gasteiger partial charge in [-0.3, -0.25) is 4.55 Å². The summed E-state index contributed by atoms with van der Waals surface area (Å²) >= 11 is 0. The highest BCUT2D eigenvalue weighted by molar-refractivity contribution is 7.85. The third-order valence-electron chi connectivity index (χ3n) is 2.58. The molecule has 0 saturated heterocycles. The lowest BCUT2D eigenvalue weighted by atomic mass is 10.1. The van der Waals surface area contributed by atoms with E-state index in [9.17, 15) is 8.42 Å². The maximum absolute atomic E-state index is 10.9. The predicted molar refractivity (Wildman–Crippen MR) is 73.3 cm³/mol. The predicted octanol–water partition coefficient (Wildman–Crippen LogP) is 0.891. The van der Waals surface area contributed by atoms with Gasteiger partial charge in [0.25, 0.3) is 10.1 Å². The van der Waals surface area contributed by atoms with E-state index in [-0.39, 0.29) is 11.5 Å². The number of hydrogen-bond acceptors (Lipinski definition) is 5. The van der Waals surface area contributed by atoms with Crippen LogP contribution in [-0.2, 0) is 26.0 Å². The third kappa shape index (κ3) is 6.97. The number of hydrogen-bond donors (Lipinski definition) is 2. The number of aliphatic hydroxyl groups is 1. The molecule has 20 heavy (non-hydrogen) atoms. The fourth-order valence-corrected chi connectivity index (χ4v) is 2.07. The van der Waals surface area contributed by atoms with Crippen molar-refractivity contribution >= 4 is 10.1 Å². The van der Waals surface area contributed by atoms with Gasteiger partial charge in [0.1, 0.15) is 0 Å². The van der Waals surface area contributed by atoms with Crippen molar-refractivity contribution in [2.75, 3.05) is 33.0 Å². The van der Waals surface area contributed by atoms with Crippen molar-refractivity contribution in [3.8, 4) is 0 Å². The Hall–Kier alpha value is -0.990. The van der Waals surface area contributed by atoms with Gasteiger partial charge in [0.15, 0.2) is 0 Å². The smallest absolute Gasteiger partial charge is 0.294 e. The van der Waals surface area contributed by atoms with Crippen LogP contribution >= 0.6 is 0 Å². The summed E-state index contributed by atoms with van der Waals surface area (Å²) < 4.78 is 40.9. The summed E-state index contributed by atoms with van der Waals surface area (Å²) in [5, 5.41) is 8.48. The summed E-state index contributed by atoms with van der Waals surface area (Å²) in [5.41, 5.74) is 0.984. The highest BCUT2D eigenvalue weighted by Gasteiger charge is 2.08. The average molecular weight is 304 g/mol.